The number of nitrogens with zero attached hydrogens (tertiary/aromatic N) is 1. The third kappa shape index (κ3) is 3.12. The van der Waals surface area contributed by atoms with E-state index in [1.165, 1.54) is 0 Å². The van der Waals surface area contributed by atoms with Gasteiger partial charge in [0.05, 0.1) is 10.6 Å². The minimum absolute atomic E-state index is 0.0948. The Kier molecular flexibility index (Phi) is 4.11. The van der Waals surface area contributed by atoms with Gasteiger partial charge in [-0.25, -0.2) is 0 Å². The van der Waals surface area contributed by atoms with Crippen molar-refractivity contribution in [2.75, 3.05) is 11.9 Å². The van der Waals surface area contributed by atoms with Crippen molar-refractivity contribution < 1.29 is 9.90 Å². The maximum atomic E-state index is 10.5. The lowest BCUT2D eigenvalue weighted by Crippen LogP contribution is -2.36. The average molecular weight is 240 g/mol. The van der Waals surface area contributed by atoms with Crippen molar-refractivity contribution >= 4 is 23.3 Å². The summed E-state index contributed by atoms with van der Waals surface area (Å²) in [5.74, 6) is -1.08. The first kappa shape index (κ1) is 12.3. The molecule has 0 aliphatic carbocycles. The third-order valence-electron chi connectivity index (χ3n) is 1.93. The molecule has 0 spiro atoms. The molecule has 0 fully saturated rings. The number of anilines is 1. The van der Waals surface area contributed by atoms with Crippen LogP contribution in [-0.2, 0) is 4.79 Å². The van der Waals surface area contributed by atoms with Crippen LogP contribution in [0, 0.1) is 11.3 Å². The second-order valence-corrected chi connectivity index (χ2v) is 3.54. The molecule has 1 aromatic rings. The van der Waals surface area contributed by atoms with E-state index in [0.717, 1.165) is 0 Å². The first-order valence-corrected chi connectivity index (χ1v) is 4.84. The molecule has 1 rings (SSSR count). The average Bonchev–Trinajstić information content (AvgIpc) is 2.25. The van der Waals surface area contributed by atoms with Gasteiger partial charge in [0, 0.05) is 12.2 Å². The zero-order valence-corrected chi connectivity index (χ0v) is 9.03. The molecule has 5 nitrogen and oxygen atoms in total. The predicted octanol–water partition coefficient (Wildman–Crippen LogP) is 1.04. The molecule has 0 saturated heterocycles. The van der Waals surface area contributed by atoms with Gasteiger partial charge >= 0.3 is 5.97 Å². The topological polar surface area (TPSA) is 99.1 Å². The lowest BCUT2D eigenvalue weighted by Gasteiger charge is -2.10. The molecule has 1 unspecified atom stereocenters. The minimum atomic E-state index is -1.08. The number of nitrogens with one attached hydrogen (secondary N) is 1. The SMILES string of the molecule is N#Cc1ccc(NCC(N)C(=O)O)cc1Cl. The summed E-state index contributed by atoms with van der Waals surface area (Å²) in [7, 11) is 0. The molecule has 0 radical (unpaired) electrons. The first-order valence-electron chi connectivity index (χ1n) is 4.46. The molecule has 6 heteroatoms. The number of hydrogen-bond donors (Lipinski definition) is 3. The highest BCUT2D eigenvalue weighted by Crippen LogP contribution is 2.19. The number of nitriles is 1. The van der Waals surface area contributed by atoms with E-state index < -0.39 is 12.0 Å². The molecule has 0 aliphatic rings. The Morgan fingerprint density at radius 3 is 2.88 bits per heavy atom. The first-order chi connectivity index (χ1) is 7.54. The van der Waals surface area contributed by atoms with Gasteiger partial charge in [0.15, 0.2) is 0 Å². The van der Waals surface area contributed by atoms with Crippen LogP contribution in [-0.4, -0.2) is 23.7 Å². The van der Waals surface area contributed by atoms with Gasteiger partial charge in [0.1, 0.15) is 12.1 Å². The summed E-state index contributed by atoms with van der Waals surface area (Å²) in [5.41, 5.74) is 6.31. The van der Waals surface area contributed by atoms with Crippen molar-refractivity contribution in [2.24, 2.45) is 5.73 Å². The molecule has 0 amide bonds. The monoisotopic (exact) mass is 239 g/mol. The largest absolute Gasteiger partial charge is 0.480 e. The van der Waals surface area contributed by atoms with Crippen LogP contribution in [0.1, 0.15) is 5.56 Å². The van der Waals surface area contributed by atoms with Gasteiger partial charge in [-0.1, -0.05) is 11.6 Å². The molecule has 0 heterocycles. The second kappa shape index (κ2) is 5.35. The van der Waals surface area contributed by atoms with E-state index in [2.05, 4.69) is 5.32 Å². The summed E-state index contributed by atoms with van der Waals surface area (Å²) < 4.78 is 0. The predicted molar refractivity (Wildman–Crippen MR) is 60.3 cm³/mol. The highest BCUT2D eigenvalue weighted by molar-refractivity contribution is 6.32. The van der Waals surface area contributed by atoms with Gasteiger partial charge in [0.2, 0.25) is 0 Å². The van der Waals surface area contributed by atoms with Gasteiger partial charge in [-0.15, -0.1) is 0 Å². The van der Waals surface area contributed by atoms with Gasteiger partial charge in [0.25, 0.3) is 0 Å². The maximum Gasteiger partial charge on any atom is 0.322 e. The van der Waals surface area contributed by atoms with Crippen LogP contribution in [0.25, 0.3) is 0 Å². The number of nitrogens with two attached hydrogens (primary N) is 1. The number of carboxylic acids is 1. The highest BCUT2D eigenvalue weighted by atomic mass is 35.5. The van der Waals surface area contributed by atoms with Crippen molar-refractivity contribution in [3.05, 3.63) is 28.8 Å². The van der Waals surface area contributed by atoms with Crippen molar-refractivity contribution in [1.29, 1.82) is 5.26 Å². The Morgan fingerprint density at radius 1 is 1.69 bits per heavy atom. The Balaban J connectivity index is 2.66. The van der Waals surface area contributed by atoms with Crippen LogP contribution < -0.4 is 11.1 Å². The number of aliphatic carboxylic acids is 1. The van der Waals surface area contributed by atoms with Gasteiger partial charge in [-0.05, 0) is 18.2 Å². The number of carbonyl (C=O) groups is 1. The van der Waals surface area contributed by atoms with Gasteiger partial charge in [-0.3, -0.25) is 4.79 Å². The van der Waals surface area contributed by atoms with E-state index in [-0.39, 0.29) is 6.54 Å². The smallest absolute Gasteiger partial charge is 0.322 e. The van der Waals surface area contributed by atoms with E-state index in [0.29, 0.717) is 16.3 Å². The quantitative estimate of drug-likeness (QED) is 0.729. The van der Waals surface area contributed by atoms with Crippen LogP contribution in [0.5, 0.6) is 0 Å². The van der Waals surface area contributed by atoms with E-state index >= 15 is 0 Å². The summed E-state index contributed by atoms with van der Waals surface area (Å²) in [5, 5.41) is 20.3. The van der Waals surface area contributed by atoms with Crippen LogP contribution in [0.2, 0.25) is 5.02 Å². The number of hydrogen-bond acceptors (Lipinski definition) is 4. The Hall–Kier alpha value is -1.77. The van der Waals surface area contributed by atoms with E-state index in [9.17, 15) is 4.79 Å². The molecule has 84 valence electrons. The number of halogens is 1. The minimum Gasteiger partial charge on any atom is -0.480 e. The molecule has 0 aromatic heterocycles. The molecule has 0 saturated carbocycles. The van der Waals surface area contributed by atoms with Gasteiger partial charge in [-0.2, -0.15) is 5.26 Å². The maximum absolute atomic E-state index is 10.5. The van der Waals surface area contributed by atoms with Crippen LogP contribution in [0.3, 0.4) is 0 Å². The second-order valence-electron chi connectivity index (χ2n) is 3.13. The fourth-order valence-electron chi connectivity index (χ4n) is 1.03. The van der Waals surface area contributed by atoms with Crippen LogP contribution in [0.15, 0.2) is 18.2 Å². The molecule has 0 bridgehead atoms. The zero-order chi connectivity index (χ0) is 12.1. The summed E-state index contributed by atoms with van der Waals surface area (Å²) in [6, 6.07) is 5.69. The summed E-state index contributed by atoms with van der Waals surface area (Å²) in [6.45, 7) is 0.0948. The lowest BCUT2D eigenvalue weighted by atomic mass is 10.2. The van der Waals surface area contributed by atoms with Crippen LogP contribution >= 0.6 is 11.6 Å². The molecule has 1 atom stereocenters. The molecule has 0 aliphatic heterocycles. The number of rotatable bonds is 4. The van der Waals surface area contributed by atoms with Crippen molar-refractivity contribution in [1.82, 2.24) is 0 Å². The standard InChI is InChI=1S/C10H10ClN3O2/c11-8-3-7(2-1-6(8)4-12)14-5-9(13)10(15)16/h1-3,9,14H,5,13H2,(H,15,16). The van der Waals surface area contributed by atoms with Crippen molar-refractivity contribution in [3.8, 4) is 6.07 Å². The van der Waals surface area contributed by atoms with E-state index in [4.69, 9.17) is 27.7 Å². The highest BCUT2D eigenvalue weighted by Gasteiger charge is 2.10. The summed E-state index contributed by atoms with van der Waals surface area (Å²) in [6.07, 6.45) is 0. The Labute approximate surface area is 97.4 Å². The summed E-state index contributed by atoms with van der Waals surface area (Å²) >= 11 is 5.80. The van der Waals surface area contributed by atoms with E-state index in [1.807, 2.05) is 6.07 Å². The fourth-order valence-corrected chi connectivity index (χ4v) is 1.25. The Bertz CT molecular complexity index is 442. The molecule has 16 heavy (non-hydrogen) atoms. The molecular weight excluding hydrogens is 230 g/mol. The Morgan fingerprint density at radius 2 is 2.38 bits per heavy atom. The number of carboxylic acid groups (broad SMARTS) is 1. The summed E-state index contributed by atoms with van der Waals surface area (Å²) in [4.78, 5) is 10.5. The number of benzene rings is 1. The van der Waals surface area contributed by atoms with Crippen LogP contribution in [0.4, 0.5) is 5.69 Å². The normalized spacial score (nSPS) is 11.6. The third-order valence-corrected chi connectivity index (χ3v) is 2.25. The molecule has 4 N–H and O–H groups in total. The van der Waals surface area contributed by atoms with E-state index in [1.54, 1.807) is 18.2 Å². The zero-order valence-electron chi connectivity index (χ0n) is 8.27. The molecular formula is C10H10ClN3O2. The lowest BCUT2D eigenvalue weighted by molar-refractivity contribution is -0.138. The van der Waals surface area contributed by atoms with Crippen molar-refractivity contribution in [2.45, 2.75) is 6.04 Å². The van der Waals surface area contributed by atoms with Gasteiger partial charge < -0.3 is 16.2 Å². The fraction of sp³-hybridized carbons (Fsp3) is 0.200. The van der Waals surface area contributed by atoms with Crippen molar-refractivity contribution in [3.63, 3.8) is 0 Å². The molecule has 1 aromatic carbocycles.